The monoisotopic (exact) mass is 216 g/mol. The summed E-state index contributed by atoms with van der Waals surface area (Å²) in [5, 5.41) is 9.23. The molecular weight excluding hydrogens is 204 g/mol. The van der Waals surface area contributed by atoms with Gasteiger partial charge in [0.2, 0.25) is 10.0 Å². The number of nitrogens with two attached hydrogens (primary N) is 1. The Morgan fingerprint density at radius 2 is 2.07 bits per heavy atom. The van der Waals surface area contributed by atoms with Crippen LogP contribution in [0.25, 0.3) is 0 Å². The zero-order valence-electron chi connectivity index (χ0n) is 7.69. The van der Waals surface area contributed by atoms with Crippen molar-refractivity contribution >= 4 is 15.7 Å². The first-order valence-corrected chi connectivity index (χ1v) is 5.80. The SMILES string of the molecule is CS(=O)(=O)Nc1cc(O)cc(CN)c1. The summed E-state index contributed by atoms with van der Waals surface area (Å²) in [4.78, 5) is 0. The molecule has 5 nitrogen and oxygen atoms in total. The van der Waals surface area contributed by atoms with E-state index >= 15 is 0 Å². The predicted octanol–water partition coefficient (Wildman–Crippen LogP) is 0.222. The van der Waals surface area contributed by atoms with Crippen LogP contribution in [0.2, 0.25) is 0 Å². The highest BCUT2D eigenvalue weighted by molar-refractivity contribution is 7.92. The van der Waals surface area contributed by atoms with E-state index in [0.717, 1.165) is 6.26 Å². The maximum absolute atomic E-state index is 10.9. The lowest BCUT2D eigenvalue weighted by molar-refractivity contribution is 0.475. The van der Waals surface area contributed by atoms with Crippen LogP contribution in [-0.2, 0) is 16.6 Å². The number of anilines is 1. The third-order valence-corrected chi connectivity index (χ3v) is 2.12. The van der Waals surface area contributed by atoms with E-state index in [9.17, 15) is 13.5 Å². The van der Waals surface area contributed by atoms with Crippen molar-refractivity contribution in [3.05, 3.63) is 23.8 Å². The molecule has 1 aromatic carbocycles. The number of phenolic OH excluding ortho intramolecular Hbond substituents is 1. The van der Waals surface area contributed by atoms with E-state index < -0.39 is 10.0 Å². The summed E-state index contributed by atoms with van der Waals surface area (Å²) in [7, 11) is -3.32. The maximum Gasteiger partial charge on any atom is 0.229 e. The normalized spacial score (nSPS) is 11.3. The van der Waals surface area contributed by atoms with Gasteiger partial charge in [-0.3, -0.25) is 4.72 Å². The summed E-state index contributed by atoms with van der Waals surface area (Å²) < 4.78 is 24.0. The minimum atomic E-state index is -3.32. The van der Waals surface area contributed by atoms with Crippen LogP contribution in [0.5, 0.6) is 5.75 Å². The first kappa shape index (κ1) is 10.8. The summed E-state index contributed by atoms with van der Waals surface area (Å²) in [6, 6.07) is 4.37. The van der Waals surface area contributed by atoms with Crippen LogP contribution in [-0.4, -0.2) is 19.8 Å². The van der Waals surface area contributed by atoms with Crippen LogP contribution in [0.4, 0.5) is 5.69 Å². The van der Waals surface area contributed by atoms with Crippen molar-refractivity contribution in [3.8, 4) is 5.75 Å². The first-order valence-electron chi connectivity index (χ1n) is 3.91. The van der Waals surface area contributed by atoms with E-state index in [-0.39, 0.29) is 12.3 Å². The Balaban J connectivity index is 3.04. The second-order valence-electron chi connectivity index (χ2n) is 2.97. The van der Waals surface area contributed by atoms with Gasteiger partial charge in [0.05, 0.1) is 11.9 Å². The zero-order valence-corrected chi connectivity index (χ0v) is 8.50. The summed E-state index contributed by atoms with van der Waals surface area (Å²) >= 11 is 0. The standard InChI is InChI=1S/C8H12N2O3S/c1-14(12,13)10-7-2-6(5-9)3-8(11)4-7/h2-4,10-11H,5,9H2,1H3. The molecule has 0 atom stereocenters. The number of rotatable bonds is 3. The molecule has 0 spiro atoms. The van der Waals surface area contributed by atoms with Crippen molar-refractivity contribution in [1.29, 1.82) is 0 Å². The lowest BCUT2D eigenvalue weighted by Crippen LogP contribution is -2.10. The average Bonchev–Trinajstić information content (AvgIpc) is 1.99. The summed E-state index contributed by atoms with van der Waals surface area (Å²) in [5.74, 6) is -0.0147. The van der Waals surface area contributed by atoms with E-state index in [1.807, 2.05) is 0 Å². The van der Waals surface area contributed by atoms with Crippen LogP contribution in [0, 0.1) is 0 Å². The minimum absolute atomic E-state index is 0.0147. The molecule has 0 saturated heterocycles. The molecule has 0 heterocycles. The molecule has 1 aromatic rings. The van der Waals surface area contributed by atoms with Gasteiger partial charge < -0.3 is 10.8 Å². The number of phenols is 1. The molecule has 1 rings (SSSR count). The van der Waals surface area contributed by atoms with Gasteiger partial charge in [-0.05, 0) is 17.7 Å². The van der Waals surface area contributed by atoms with E-state index in [0.29, 0.717) is 11.3 Å². The van der Waals surface area contributed by atoms with Gasteiger partial charge in [-0.25, -0.2) is 8.42 Å². The van der Waals surface area contributed by atoms with Gasteiger partial charge >= 0.3 is 0 Å². The van der Waals surface area contributed by atoms with Crippen molar-refractivity contribution in [2.45, 2.75) is 6.54 Å². The lowest BCUT2D eigenvalue weighted by Gasteiger charge is -2.06. The molecule has 14 heavy (non-hydrogen) atoms. The number of hydrogen-bond acceptors (Lipinski definition) is 4. The van der Waals surface area contributed by atoms with Crippen LogP contribution in [0.3, 0.4) is 0 Å². The van der Waals surface area contributed by atoms with Crippen LogP contribution in [0.1, 0.15) is 5.56 Å². The molecule has 6 heteroatoms. The van der Waals surface area contributed by atoms with Gasteiger partial charge in [0, 0.05) is 12.6 Å². The predicted molar refractivity (Wildman–Crippen MR) is 54.5 cm³/mol. The summed E-state index contributed by atoms with van der Waals surface area (Å²) in [5.41, 5.74) is 6.34. The highest BCUT2D eigenvalue weighted by atomic mass is 32.2. The molecule has 0 radical (unpaired) electrons. The number of nitrogens with one attached hydrogen (secondary N) is 1. The largest absolute Gasteiger partial charge is 0.508 e. The highest BCUT2D eigenvalue weighted by Crippen LogP contribution is 2.20. The quantitative estimate of drug-likeness (QED) is 0.674. The van der Waals surface area contributed by atoms with E-state index in [4.69, 9.17) is 5.73 Å². The van der Waals surface area contributed by atoms with E-state index in [1.54, 1.807) is 6.07 Å². The smallest absolute Gasteiger partial charge is 0.229 e. The Hall–Kier alpha value is -1.27. The maximum atomic E-state index is 10.9. The second-order valence-corrected chi connectivity index (χ2v) is 4.71. The lowest BCUT2D eigenvalue weighted by atomic mass is 10.2. The van der Waals surface area contributed by atoms with Gasteiger partial charge in [0.15, 0.2) is 0 Å². The van der Waals surface area contributed by atoms with Gasteiger partial charge in [0.1, 0.15) is 5.75 Å². The molecule has 0 aliphatic rings. The number of aromatic hydroxyl groups is 1. The first-order chi connectivity index (χ1) is 6.40. The van der Waals surface area contributed by atoms with Gasteiger partial charge in [-0.15, -0.1) is 0 Å². The number of sulfonamides is 1. The molecule has 0 saturated carbocycles. The molecule has 0 aromatic heterocycles. The number of hydrogen-bond donors (Lipinski definition) is 3. The molecule has 0 amide bonds. The van der Waals surface area contributed by atoms with Gasteiger partial charge in [-0.2, -0.15) is 0 Å². The fourth-order valence-corrected chi connectivity index (χ4v) is 1.61. The molecule has 0 aliphatic heterocycles. The third kappa shape index (κ3) is 3.23. The minimum Gasteiger partial charge on any atom is -0.508 e. The Morgan fingerprint density at radius 1 is 1.43 bits per heavy atom. The zero-order chi connectivity index (χ0) is 10.8. The fraction of sp³-hybridized carbons (Fsp3) is 0.250. The van der Waals surface area contributed by atoms with Crippen molar-refractivity contribution in [3.63, 3.8) is 0 Å². The third-order valence-electron chi connectivity index (χ3n) is 1.52. The molecule has 0 unspecified atom stereocenters. The highest BCUT2D eigenvalue weighted by Gasteiger charge is 2.04. The van der Waals surface area contributed by atoms with E-state index in [1.165, 1.54) is 12.1 Å². The number of benzene rings is 1. The molecule has 0 aliphatic carbocycles. The average molecular weight is 216 g/mol. The van der Waals surface area contributed by atoms with Crippen molar-refractivity contribution in [2.24, 2.45) is 5.73 Å². The molecule has 78 valence electrons. The van der Waals surface area contributed by atoms with Gasteiger partial charge in [0.25, 0.3) is 0 Å². The molecule has 0 fully saturated rings. The summed E-state index contributed by atoms with van der Waals surface area (Å²) in [6.45, 7) is 0.243. The Morgan fingerprint density at radius 3 is 2.57 bits per heavy atom. The summed E-state index contributed by atoms with van der Waals surface area (Å²) in [6.07, 6.45) is 1.04. The Bertz CT molecular complexity index is 428. The fourth-order valence-electron chi connectivity index (χ4n) is 1.06. The molecular formula is C8H12N2O3S. The molecule has 0 bridgehead atoms. The van der Waals surface area contributed by atoms with Crippen molar-refractivity contribution in [1.82, 2.24) is 0 Å². The van der Waals surface area contributed by atoms with Crippen molar-refractivity contribution < 1.29 is 13.5 Å². The molecule has 4 N–H and O–H groups in total. The van der Waals surface area contributed by atoms with Gasteiger partial charge in [-0.1, -0.05) is 0 Å². The van der Waals surface area contributed by atoms with Crippen LogP contribution >= 0.6 is 0 Å². The topological polar surface area (TPSA) is 92.4 Å². The Labute approximate surface area is 82.6 Å². The van der Waals surface area contributed by atoms with Crippen molar-refractivity contribution in [2.75, 3.05) is 11.0 Å². The second kappa shape index (κ2) is 3.85. The van der Waals surface area contributed by atoms with E-state index in [2.05, 4.69) is 4.72 Å². The van der Waals surface area contributed by atoms with Crippen LogP contribution < -0.4 is 10.5 Å². The van der Waals surface area contributed by atoms with Crippen LogP contribution in [0.15, 0.2) is 18.2 Å². The Kier molecular flexibility index (Phi) is 2.97.